The van der Waals surface area contributed by atoms with Crippen molar-refractivity contribution in [3.05, 3.63) is 42.0 Å². The number of fused-ring (bicyclic) bond motifs is 1. The molecule has 0 saturated heterocycles. The first-order valence-corrected chi connectivity index (χ1v) is 10.1. The van der Waals surface area contributed by atoms with E-state index in [0.717, 1.165) is 24.1 Å². The van der Waals surface area contributed by atoms with Crippen LogP contribution < -0.4 is 0 Å². The van der Waals surface area contributed by atoms with E-state index in [-0.39, 0.29) is 4.90 Å². The van der Waals surface area contributed by atoms with Crippen molar-refractivity contribution in [1.82, 2.24) is 4.98 Å². The second kappa shape index (κ2) is 5.98. The molecule has 8 heteroatoms. The molecule has 1 aliphatic carbocycles. The first kappa shape index (κ1) is 16.3. The molecule has 1 aromatic heterocycles. The first-order chi connectivity index (χ1) is 11.9. The molecule has 0 unspecified atom stereocenters. The van der Waals surface area contributed by atoms with Crippen LogP contribution in [0.1, 0.15) is 18.4 Å². The van der Waals surface area contributed by atoms with Gasteiger partial charge in [0, 0.05) is 5.56 Å². The van der Waals surface area contributed by atoms with Gasteiger partial charge in [-0.2, -0.15) is 18.6 Å². The predicted molar refractivity (Wildman–Crippen MR) is 97.1 cm³/mol. The summed E-state index contributed by atoms with van der Waals surface area (Å²) < 4.78 is 33.4. The van der Waals surface area contributed by atoms with Crippen molar-refractivity contribution in [3.8, 4) is 10.6 Å². The van der Waals surface area contributed by atoms with E-state index >= 15 is 0 Å². The number of thiazole rings is 1. The van der Waals surface area contributed by atoms with Crippen LogP contribution in [0.5, 0.6) is 0 Å². The number of nitrogens with zero attached hydrogens (tertiary/aromatic N) is 3. The SMILES string of the molecule is Cc1ccc2nc(-c3ccc(N=NC4CC4)cc3)sc2c1S(=O)(=O)O. The maximum absolute atomic E-state index is 11.7. The van der Waals surface area contributed by atoms with Crippen molar-refractivity contribution in [3.63, 3.8) is 0 Å². The van der Waals surface area contributed by atoms with Gasteiger partial charge in [-0.15, -0.1) is 11.3 Å². The van der Waals surface area contributed by atoms with Crippen LogP contribution in [0, 0.1) is 6.92 Å². The van der Waals surface area contributed by atoms with Gasteiger partial charge in [-0.1, -0.05) is 6.07 Å². The number of aryl methyl sites for hydroxylation is 1. The zero-order chi connectivity index (χ0) is 17.6. The minimum absolute atomic E-state index is 0.0661. The van der Waals surface area contributed by atoms with Crippen LogP contribution >= 0.6 is 11.3 Å². The Balaban J connectivity index is 1.74. The molecule has 1 saturated carbocycles. The van der Waals surface area contributed by atoms with E-state index in [0.29, 0.717) is 26.8 Å². The Morgan fingerprint density at radius 3 is 2.52 bits per heavy atom. The predicted octanol–water partition coefficient (Wildman–Crippen LogP) is 4.76. The van der Waals surface area contributed by atoms with E-state index in [1.165, 1.54) is 11.3 Å². The van der Waals surface area contributed by atoms with E-state index in [1.807, 2.05) is 24.3 Å². The minimum Gasteiger partial charge on any atom is -0.282 e. The van der Waals surface area contributed by atoms with Gasteiger partial charge < -0.3 is 0 Å². The van der Waals surface area contributed by atoms with Crippen LogP contribution in [0.3, 0.4) is 0 Å². The molecule has 0 spiro atoms. The highest BCUT2D eigenvalue weighted by atomic mass is 32.2. The van der Waals surface area contributed by atoms with Crippen molar-refractivity contribution in [2.75, 3.05) is 0 Å². The number of hydrogen-bond acceptors (Lipinski definition) is 6. The van der Waals surface area contributed by atoms with E-state index in [1.54, 1.807) is 19.1 Å². The summed E-state index contributed by atoms with van der Waals surface area (Å²) in [6.07, 6.45) is 2.23. The second-order valence-electron chi connectivity index (χ2n) is 6.05. The van der Waals surface area contributed by atoms with Crippen molar-refractivity contribution in [2.24, 2.45) is 10.2 Å². The van der Waals surface area contributed by atoms with Crippen LogP contribution in [0.4, 0.5) is 5.69 Å². The fourth-order valence-corrected chi connectivity index (χ4v) is 4.84. The van der Waals surface area contributed by atoms with E-state index in [9.17, 15) is 13.0 Å². The number of azo groups is 1. The van der Waals surface area contributed by atoms with E-state index < -0.39 is 10.1 Å². The van der Waals surface area contributed by atoms with Crippen LogP contribution in [0.2, 0.25) is 0 Å². The average molecular weight is 373 g/mol. The lowest BCUT2D eigenvalue weighted by atomic mass is 10.2. The van der Waals surface area contributed by atoms with Gasteiger partial charge in [0.05, 0.1) is 21.9 Å². The van der Waals surface area contributed by atoms with Crippen molar-refractivity contribution in [1.29, 1.82) is 0 Å². The third-order valence-corrected chi connectivity index (χ3v) is 6.27. The highest BCUT2D eigenvalue weighted by Gasteiger charge is 2.21. The van der Waals surface area contributed by atoms with Gasteiger partial charge in [-0.25, -0.2) is 4.98 Å². The van der Waals surface area contributed by atoms with Crippen LogP contribution in [-0.2, 0) is 10.1 Å². The first-order valence-electron chi connectivity index (χ1n) is 7.81. The van der Waals surface area contributed by atoms with Gasteiger partial charge in [0.2, 0.25) is 0 Å². The Kier molecular flexibility index (Phi) is 3.90. The molecule has 6 nitrogen and oxygen atoms in total. The molecular weight excluding hydrogens is 358 g/mol. The summed E-state index contributed by atoms with van der Waals surface area (Å²) in [6.45, 7) is 1.65. The third kappa shape index (κ3) is 3.33. The Labute approximate surface area is 149 Å². The molecule has 0 bridgehead atoms. The molecule has 0 atom stereocenters. The lowest BCUT2D eigenvalue weighted by Gasteiger charge is -2.02. The third-order valence-electron chi connectivity index (χ3n) is 3.96. The van der Waals surface area contributed by atoms with Crippen molar-refractivity contribution in [2.45, 2.75) is 30.7 Å². The monoisotopic (exact) mass is 373 g/mol. The molecule has 1 heterocycles. The van der Waals surface area contributed by atoms with Gasteiger partial charge >= 0.3 is 0 Å². The number of aromatic nitrogens is 1. The summed E-state index contributed by atoms with van der Waals surface area (Å²) in [5.74, 6) is 0. The zero-order valence-corrected chi connectivity index (χ0v) is 15.0. The summed E-state index contributed by atoms with van der Waals surface area (Å²) in [4.78, 5) is 4.43. The summed E-state index contributed by atoms with van der Waals surface area (Å²) >= 11 is 1.25. The lowest BCUT2D eigenvalue weighted by Crippen LogP contribution is -2.00. The Bertz CT molecular complexity index is 1080. The van der Waals surface area contributed by atoms with Crippen LogP contribution in [0.15, 0.2) is 51.5 Å². The fourth-order valence-electron chi connectivity index (χ4n) is 2.52. The molecule has 3 aromatic rings. The van der Waals surface area contributed by atoms with Gasteiger partial charge in [0.15, 0.2) is 0 Å². The highest BCUT2D eigenvalue weighted by Crippen LogP contribution is 2.36. The summed E-state index contributed by atoms with van der Waals surface area (Å²) in [5, 5.41) is 9.10. The molecule has 4 rings (SSSR count). The molecule has 0 amide bonds. The van der Waals surface area contributed by atoms with Gasteiger partial charge in [-0.3, -0.25) is 4.55 Å². The molecule has 1 fully saturated rings. The normalized spacial score (nSPS) is 15.3. The molecule has 0 aliphatic heterocycles. The molecule has 1 N–H and O–H groups in total. The molecule has 128 valence electrons. The minimum atomic E-state index is -4.30. The fraction of sp³-hybridized carbons (Fsp3) is 0.235. The summed E-state index contributed by atoms with van der Waals surface area (Å²) in [7, 11) is -4.30. The number of rotatable bonds is 4. The van der Waals surface area contributed by atoms with Gasteiger partial charge in [0.1, 0.15) is 9.90 Å². The average Bonchev–Trinajstić information content (AvgIpc) is 3.29. The van der Waals surface area contributed by atoms with Gasteiger partial charge in [0.25, 0.3) is 10.1 Å². The molecule has 2 aromatic carbocycles. The Hall–Kier alpha value is -2.16. The Morgan fingerprint density at radius 2 is 1.88 bits per heavy atom. The topological polar surface area (TPSA) is 92.0 Å². The molecular formula is C17H15N3O3S2. The number of benzene rings is 2. The van der Waals surface area contributed by atoms with Crippen LogP contribution in [-0.4, -0.2) is 24.0 Å². The maximum Gasteiger partial charge on any atom is 0.296 e. The second-order valence-corrected chi connectivity index (χ2v) is 8.40. The highest BCUT2D eigenvalue weighted by molar-refractivity contribution is 7.86. The molecule has 0 radical (unpaired) electrons. The Morgan fingerprint density at radius 1 is 1.16 bits per heavy atom. The standard InChI is InChI=1S/C17H15N3O3S2/c1-10-2-9-14-15(16(10)25(21,22)23)24-17(18-14)11-3-5-12(6-4-11)19-20-13-7-8-13/h2-6,9,13H,7-8H2,1H3,(H,21,22,23). The smallest absolute Gasteiger partial charge is 0.282 e. The van der Waals surface area contributed by atoms with Crippen molar-refractivity contribution >= 4 is 37.4 Å². The lowest BCUT2D eigenvalue weighted by molar-refractivity contribution is 0.484. The number of hydrogen-bond donors (Lipinski definition) is 1. The molecule has 25 heavy (non-hydrogen) atoms. The molecule has 1 aliphatic rings. The summed E-state index contributed by atoms with van der Waals surface area (Å²) in [6, 6.07) is 11.3. The maximum atomic E-state index is 11.7. The van der Waals surface area contributed by atoms with Crippen molar-refractivity contribution < 1.29 is 13.0 Å². The van der Waals surface area contributed by atoms with E-state index in [2.05, 4.69) is 15.2 Å². The summed E-state index contributed by atoms with van der Waals surface area (Å²) in [5.41, 5.74) is 2.70. The largest absolute Gasteiger partial charge is 0.296 e. The van der Waals surface area contributed by atoms with Gasteiger partial charge in [-0.05, 0) is 55.7 Å². The van der Waals surface area contributed by atoms with E-state index in [4.69, 9.17) is 0 Å². The zero-order valence-electron chi connectivity index (χ0n) is 13.4. The quantitative estimate of drug-likeness (QED) is 0.527. The van der Waals surface area contributed by atoms with Crippen LogP contribution in [0.25, 0.3) is 20.8 Å².